The highest BCUT2D eigenvalue weighted by atomic mass is 19.1. The molecule has 4 rings (SSSR count). The molecular formula is C22H19F2NO2. The summed E-state index contributed by atoms with van der Waals surface area (Å²) in [5.41, 5.74) is 1.04. The van der Waals surface area contributed by atoms with Crippen LogP contribution in [0.2, 0.25) is 0 Å². The summed E-state index contributed by atoms with van der Waals surface area (Å²) in [6, 6.07) is 16.4. The second kappa shape index (κ2) is 7.08. The third kappa shape index (κ3) is 3.55. The van der Waals surface area contributed by atoms with E-state index >= 15 is 0 Å². The monoisotopic (exact) mass is 367 g/mol. The SMILES string of the molecule is O=C(NC(CO)c1ccc2ccccc2c1)C1CC1c1cc(F)ccc1F. The first-order valence-corrected chi connectivity index (χ1v) is 8.91. The van der Waals surface area contributed by atoms with Crippen LogP contribution in [0, 0.1) is 17.6 Å². The van der Waals surface area contributed by atoms with E-state index in [4.69, 9.17) is 0 Å². The maximum Gasteiger partial charge on any atom is 0.224 e. The maximum atomic E-state index is 13.9. The molecule has 0 radical (unpaired) electrons. The van der Waals surface area contributed by atoms with Crippen LogP contribution in [0.3, 0.4) is 0 Å². The fourth-order valence-electron chi connectivity index (χ4n) is 3.56. The summed E-state index contributed by atoms with van der Waals surface area (Å²) < 4.78 is 27.3. The van der Waals surface area contributed by atoms with Crippen molar-refractivity contribution < 1.29 is 18.7 Å². The Bertz CT molecular complexity index is 1000. The number of halogens is 2. The molecule has 0 aromatic heterocycles. The predicted molar refractivity (Wildman–Crippen MR) is 99.1 cm³/mol. The van der Waals surface area contributed by atoms with Gasteiger partial charge in [0.15, 0.2) is 0 Å². The van der Waals surface area contributed by atoms with Crippen molar-refractivity contribution in [3.05, 3.63) is 83.4 Å². The molecule has 138 valence electrons. The highest BCUT2D eigenvalue weighted by Crippen LogP contribution is 2.48. The van der Waals surface area contributed by atoms with Gasteiger partial charge >= 0.3 is 0 Å². The van der Waals surface area contributed by atoms with Crippen LogP contribution in [-0.2, 0) is 4.79 Å². The Labute approximate surface area is 155 Å². The van der Waals surface area contributed by atoms with E-state index in [2.05, 4.69) is 5.32 Å². The molecular weight excluding hydrogens is 348 g/mol. The van der Waals surface area contributed by atoms with Crippen LogP contribution in [0.15, 0.2) is 60.7 Å². The molecule has 1 amide bonds. The number of carbonyl (C=O) groups excluding carboxylic acids is 1. The van der Waals surface area contributed by atoms with Crippen molar-refractivity contribution in [3.8, 4) is 0 Å². The van der Waals surface area contributed by atoms with Crippen LogP contribution in [0.4, 0.5) is 8.78 Å². The van der Waals surface area contributed by atoms with Gasteiger partial charge in [0, 0.05) is 5.92 Å². The zero-order valence-corrected chi connectivity index (χ0v) is 14.5. The van der Waals surface area contributed by atoms with Crippen LogP contribution in [0.5, 0.6) is 0 Å². The second-order valence-corrected chi connectivity index (χ2v) is 6.96. The van der Waals surface area contributed by atoms with Crippen LogP contribution < -0.4 is 5.32 Å². The predicted octanol–water partition coefficient (Wildman–Crippen LogP) is 4.07. The molecule has 5 heteroatoms. The van der Waals surface area contributed by atoms with Gasteiger partial charge in [0.25, 0.3) is 0 Å². The first-order chi connectivity index (χ1) is 13.1. The van der Waals surface area contributed by atoms with E-state index in [0.29, 0.717) is 6.42 Å². The molecule has 0 spiro atoms. The lowest BCUT2D eigenvalue weighted by atomic mass is 10.0. The van der Waals surface area contributed by atoms with Crippen LogP contribution in [-0.4, -0.2) is 17.6 Å². The fourth-order valence-corrected chi connectivity index (χ4v) is 3.56. The summed E-state index contributed by atoms with van der Waals surface area (Å²) in [6.45, 7) is -0.240. The van der Waals surface area contributed by atoms with Crippen LogP contribution >= 0.6 is 0 Å². The van der Waals surface area contributed by atoms with Crippen molar-refractivity contribution in [3.63, 3.8) is 0 Å². The molecule has 3 nitrogen and oxygen atoms in total. The third-order valence-electron chi connectivity index (χ3n) is 5.16. The summed E-state index contributed by atoms with van der Waals surface area (Å²) in [7, 11) is 0. The lowest BCUT2D eigenvalue weighted by molar-refractivity contribution is -0.123. The number of fused-ring (bicyclic) bond motifs is 1. The number of aliphatic hydroxyl groups excluding tert-OH is 1. The Balaban J connectivity index is 1.48. The molecule has 3 unspecified atom stereocenters. The van der Waals surface area contributed by atoms with Gasteiger partial charge in [0.05, 0.1) is 12.6 Å². The van der Waals surface area contributed by atoms with Crippen LogP contribution in [0.1, 0.15) is 29.5 Å². The molecule has 27 heavy (non-hydrogen) atoms. The van der Waals surface area contributed by atoms with Gasteiger partial charge in [-0.3, -0.25) is 4.79 Å². The zero-order valence-electron chi connectivity index (χ0n) is 14.5. The number of nitrogens with one attached hydrogen (secondary N) is 1. The highest BCUT2D eigenvalue weighted by molar-refractivity contribution is 5.85. The Hall–Kier alpha value is -2.79. The minimum absolute atomic E-state index is 0.237. The van der Waals surface area contributed by atoms with Crippen molar-refractivity contribution in [1.29, 1.82) is 0 Å². The smallest absolute Gasteiger partial charge is 0.224 e. The molecule has 3 aromatic rings. The van der Waals surface area contributed by atoms with Gasteiger partial charge in [0.2, 0.25) is 5.91 Å². The molecule has 0 heterocycles. The number of benzene rings is 3. The minimum atomic E-state index is -0.541. The number of hydrogen-bond donors (Lipinski definition) is 2. The quantitative estimate of drug-likeness (QED) is 0.714. The van der Waals surface area contributed by atoms with Gasteiger partial charge in [-0.05, 0) is 58.5 Å². The number of carbonyl (C=O) groups is 1. The Morgan fingerprint density at radius 1 is 1.07 bits per heavy atom. The van der Waals surface area contributed by atoms with E-state index in [1.54, 1.807) is 0 Å². The van der Waals surface area contributed by atoms with Gasteiger partial charge in [-0.25, -0.2) is 8.78 Å². The van der Waals surface area contributed by atoms with Crippen molar-refractivity contribution in [2.75, 3.05) is 6.61 Å². The fraction of sp³-hybridized carbons (Fsp3) is 0.227. The first-order valence-electron chi connectivity index (χ1n) is 8.91. The van der Waals surface area contributed by atoms with Gasteiger partial charge < -0.3 is 10.4 Å². The van der Waals surface area contributed by atoms with E-state index < -0.39 is 23.6 Å². The molecule has 0 aliphatic heterocycles. The molecule has 1 aliphatic carbocycles. The second-order valence-electron chi connectivity index (χ2n) is 6.96. The minimum Gasteiger partial charge on any atom is -0.394 e. The van der Waals surface area contributed by atoms with Gasteiger partial charge in [-0.15, -0.1) is 0 Å². The molecule has 0 saturated heterocycles. The van der Waals surface area contributed by atoms with E-state index in [1.807, 2.05) is 42.5 Å². The third-order valence-corrected chi connectivity index (χ3v) is 5.16. The van der Waals surface area contributed by atoms with Crippen molar-refractivity contribution in [2.24, 2.45) is 5.92 Å². The topological polar surface area (TPSA) is 49.3 Å². The molecule has 0 bridgehead atoms. The highest BCUT2D eigenvalue weighted by Gasteiger charge is 2.45. The molecule has 2 N–H and O–H groups in total. The van der Waals surface area contributed by atoms with E-state index in [0.717, 1.165) is 34.5 Å². The van der Waals surface area contributed by atoms with Crippen LogP contribution in [0.25, 0.3) is 10.8 Å². The molecule has 1 saturated carbocycles. The number of hydrogen-bond acceptors (Lipinski definition) is 2. The molecule has 1 aliphatic rings. The number of aliphatic hydroxyl groups is 1. The normalized spacial score (nSPS) is 19.7. The molecule has 1 fully saturated rings. The lowest BCUT2D eigenvalue weighted by Gasteiger charge is -2.17. The summed E-state index contributed by atoms with van der Waals surface area (Å²) >= 11 is 0. The van der Waals surface area contributed by atoms with Crippen molar-refractivity contribution in [2.45, 2.75) is 18.4 Å². The largest absolute Gasteiger partial charge is 0.394 e. The zero-order chi connectivity index (χ0) is 19.0. The summed E-state index contributed by atoms with van der Waals surface area (Å²) in [4.78, 5) is 12.6. The summed E-state index contributed by atoms with van der Waals surface area (Å²) in [5, 5.41) is 14.7. The summed E-state index contributed by atoms with van der Waals surface area (Å²) in [5.74, 6) is -1.99. The summed E-state index contributed by atoms with van der Waals surface area (Å²) in [6.07, 6.45) is 0.474. The first kappa shape index (κ1) is 17.6. The number of rotatable bonds is 5. The van der Waals surface area contributed by atoms with Gasteiger partial charge in [0.1, 0.15) is 11.6 Å². The lowest BCUT2D eigenvalue weighted by Crippen LogP contribution is -2.32. The van der Waals surface area contributed by atoms with Crippen molar-refractivity contribution in [1.82, 2.24) is 5.32 Å². The average molecular weight is 367 g/mol. The van der Waals surface area contributed by atoms with Gasteiger partial charge in [-0.2, -0.15) is 0 Å². The van der Waals surface area contributed by atoms with Gasteiger partial charge in [-0.1, -0.05) is 36.4 Å². The molecule has 3 aromatic carbocycles. The van der Waals surface area contributed by atoms with E-state index in [9.17, 15) is 18.7 Å². The maximum absolute atomic E-state index is 13.9. The Morgan fingerprint density at radius 2 is 1.85 bits per heavy atom. The number of amides is 1. The van der Waals surface area contributed by atoms with E-state index in [-0.39, 0.29) is 24.0 Å². The Kier molecular flexibility index (Phi) is 4.62. The Morgan fingerprint density at radius 3 is 2.63 bits per heavy atom. The molecule has 3 atom stereocenters. The standard InChI is InChI=1S/C22H19F2NO2/c23-16-7-8-20(24)18(10-16)17-11-19(17)22(27)25-21(12-26)15-6-5-13-3-1-2-4-14(13)9-15/h1-10,17,19,21,26H,11-12H2,(H,25,27). The average Bonchev–Trinajstić information content (AvgIpc) is 3.48. The van der Waals surface area contributed by atoms with E-state index in [1.165, 1.54) is 0 Å². The van der Waals surface area contributed by atoms with Crippen molar-refractivity contribution >= 4 is 16.7 Å².